The van der Waals surface area contributed by atoms with Crippen molar-refractivity contribution in [2.75, 3.05) is 5.73 Å². The van der Waals surface area contributed by atoms with E-state index < -0.39 is 0 Å². The molecule has 0 saturated carbocycles. The van der Waals surface area contributed by atoms with Crippen LogP contribution in [0.1, 0.15) is 0 Å². The van der Waals surface area contributed by atoms with Crippen LogP contribution >= 0.6 is 12.6 Å². The van der Waals surface area contributed by atoms with Gasteiger partial charge in [-0.05, 0) is 29.7 Å². The van der Waals surface area contributed by atoms with Crippen LogP contribution in [0, 0.1) is 0 Å². The molecule has 3 aromatic rings. The predicted molar refractivity (Wildman–Crippen MR) is 79.8 cm³/mol. The number of nitrogen functional groups attached to an aromatic ring is 1. The highest BCUT2D eigenvalue weighted by Crippen LogP contribution is 2.19. The molecule has 0 aliphatic carbocycles. The van der Waals surface area contributed by atoms with Crippen molar-refractivity contribution in [3.63, 3.8) is 0 Å². The molecule has 1 heterocycles. The normalized spacial score (nSPS) is 9.61. The number of nitrogens with two attached hydrogens (primary N) is 1. The lowest BCUT2D eigenvalue weighted by molar-refractivity contribution is 1.35. The van der Waals surface area contributed by atoms with Gasteiger partial charge < -0.3 is 5.73 Å². The van der Waals surface area contributed by atoms with E-state index in [1.54, 1.807) is 6.20 Å². The van der Waals surface area contributed by atoms with Crippen molar-refractivity contribution in [3.8, 4) is 0 Å². The molecule has 2 N–H and O–H groups in total. The smallest absolute Gasteiger partial charge is 0.0346 e. The van der Waals surface area contributed by atoms with Crippen molar-refractivity contribution < 1.29 is 0 Å². The Kier molecular flexibility index (Phi) is 4.20. The van der Waals surface area contributed by atoms with Crippen LogP contribution in [-0.4, -0.2) is 4.98 Å². The van der Waals surface area contributed by atoms with Crippen molar-refractivity contribution in [3.05, 3.63) is 67.0 Å². The Morgan fingerprint density at radius 3 is 2.28 bits per heavy atom. The number of para-hydroxylation sites is 1. The van der Waals surface area contributed by atoms with Gasteiger partial charge in [0, 0.05) is 28.4 Å². The Bertz CT molecular complexity index is 618. The van der Waals surface area contributed by atoms with Crippen LogP contribution in [0.15, 0.2) is 71.9 Å². The quantitative estimate of drug-likeness (QED) is 0.473. The minimum absolute atomic E-state index is 0.822. The number of benzene rings is 2. The number of pyridine rings is 1. The summed E-state index contributed by atoms with van der Waals surface area (Å²) in [6, 6.07) is 17.4. The number of hydrogen-bond acceptors (Lipinski definition) is 3. The number of nitrogens with zero attached hydrogens (tertiary/aromatic N) is 1. The van der Waals surface area contributed by atoms with Gasteiger partial charge >= 0.3 is 0 Å². The maximum absolute atomic E-state index is 5.36. The van der Waals surface area contributed by atoms with E-state index in [0.29, 0.717) is 0 Å². The molecule has 0 atom stereocenters. The summed E-state index contributed by atoms with van der Waals surface area (Å²) in [6.07, 6.45) is 3.62. The number of thiol groups is 1. The van der Waals surface area contributed by atoms with Gasteiger partial charge in [0.2, 0.25) is 0 Å². The summed E-state index contributed by atoms with van der Waals surface area (Å²) in [4.78, 5) is 5.02. The molecule has 0 spiro atoms. The van der Waals surface area contributed by atoms with E-state index in [1.165, 1.54) is 0 Å². The fraction of sp³-hybridized carbons (Fsp3) is 0. The van der Waals surface area contributed by atoms with Gasteiger partial charge in [-0.25, -0.2) is 0 Å². The molecular weight excluding hydrogens is 240 g/mol. The minimum atomic E-state index is 0.822. The lowest BCUT2D eigenvalue weighted by Gasteiger charge is -1.97. The van der Waals surface area contributed by atoms with E-state index in [-0.39, 0.29) is 0 Å². The van der Waals surface area contributed by atoms with Gasteiger partial charge in [-0.2, -0.15) is 0 Å². The zero-order chi connectivity index (χ0) is 12.8. The number of anilines is 1. The highest BCUT2D eigenvalue weighted by Gasteiger charge is 1.93. The average molecular weight is 254 g/mol. The number of fused-ring (bicyclic) bond motifs is 1. The molecule has 3 rings (SSSR count). The largest absolute Gasteiger partial charge is 0.399 e. The summed E-state index contributed by atoms with van der Waals surface area (Å²) >= 11 is 4.32. The van der Waals surface area contributed by atoms with Crippen LogP contribution in [0.2, 0.25) is 0 Å². The molecule has 0 saturated heterocycles. The molecule has 2 aromatic carbocycles. The zero-order valence-corrected chi connectivity index (χ0v) is 10.7. The number of rotatable bonds is 0. The molecule has 18 heavy (non-hydrogen) atoms. The molecule has 0 amide bonds. The second-order valence-corrected chi connectivity index (χ2v) is 4.27. The van der Waals surface area contributed by atoms with Gasteiger partial charge in [-0.1, -0.05) is 30.3 Å². The molecule has 0 unspecified atom stereocenters. The van der Waals surface area contributed by atoms with Gasteiger partial charge in [0.1, 0.15) is 0 Å². The topological polar surface area (TPSA) is 38.9 Å². The van der Waals surface area contributed by atoms with E-state index in [0.717, 1.165) is 21.4 Å². The predicted octanol–water partition coefficient (Wildman–Crippen LogP) is 3.79. The van der Waals surface area contributed by atoms with Crippen LogP contribution in [0.4, 0.5) is 5.69 Å². The van der Waals surface area contributed by atoms with Crippen LogP contribution in [0.5, 0.6) is 0 Å². The lowest BCUT2D eigenvalue weighted by atomic mass is 10.2. The first-order chi connectivity index (χ1) is 8.77. The monoisotopic (exact) mass is 254 g/mol. The second-order valence-electron chi connectivity index (χ2n) is 3.78. The van der Waals surface area contributed by atoms with E-state index >= 15 is 0 Å². The molecular formula is C15H14N2S. The minimum Gasteiger partial charge on any atom is -0.399 e. The number of hydrogen-bond donors (Lipinski definition) is 2. The van der Waals surface area contributed by atoms with Gasteiger partial charge in [0.25, 0.3) is 0 Å². The third-order valence-corrected chi connectivity index (χ3v) is 2.85. The van der Waals surface area contributed by atoms with Crippen molar-refractivity contribution in [2.24, 2.45) is 0 Å². The summed E-state index contributed by atoms with van der Waals surface area (Å²) in [5, 5.41) is 2.30. The van der Waals surface area contributed by atoms with Gasteiger partial charge in [0.15, 0.2) is 0 Å². The molecule has 0 aliphatic heterocycles. The first-order valence-electron chi connectivity index (χ1n) is 5.59. The van der Waals surface area contributed by atoms with E-state index in [4.69, 9.17) is 5.73 Å². The fourth-order valence-electron chi connectivity index (χ4n) is 1.56. The SMILES string of the molecule is Nc1ccccc1.Sc1cccc2cnccc12. The van der Waals surface area contributed by atoms with Crippen LogP contribution in [-0.2, 0) is 0 Å². The Labute approximate surface area is 112 Å². The molecule has 1 aromatic heterocycles. The van der Waals surface area contributed by atoms with Crippen LogP contribution in [0.25, 0.3) is 10.8 Å². The molecule has 0 bridgehead atoms. The Hall–Kier alpha value is -2.00. The van der Waals surface area contributed by atoms with E-state index in [9.17, 15) is 0 Å². The Balaban J connectivity index is 0.000000149. The summed E-state index contributed by atoms with van der Waals surface area (Å²) < 4.78 is 0. The number of aromatic nitrogens is 1. The summed E-state index contributed by atoms with van der Waals surface area (Å²) in [5.41, 5.74) is 6.18. The Morgan fingerprint density at radius 1 is 0.889 bits per heavy atom. The van der Waals surface area contributed by atoms with Gasteiger partial charge in [-0.15, -0.1) is 12.6 Å². The van der Waals surface area contributed by atoms with Crippen molar-refractivity contribution in [1.82, 2.24) is 4.98 Å². The average Bonchev–Trinajstić information content (AvgIpc) is 2.41. The van der Waals surface area contributed by atoms with E-state index in [1.807, 2.05) is 60.8 Å². The summed E-state index contributed by atoms with van der Waals surface area (Å²) in [5.74, 6) is 0. The van der Waals surface area contributed by atoms with Crippen molar-refractivity contribution >= 4 is 29.1 Å². The molecule has 90 valence electrons. The first-order valence-corrected chi connectivity index (χ1v) is 6.04. The highest BCUT2D eigenvalue weighted by atomic mass is 32.1. The molecule has 0 aliphatic rings. The second kappa shape index (κ2) is 6.07. The summed E-state index contributed by atoms with van der Waals surface area (Å²) in [7, 11) is 0. The first kappa shape index (κ1) is 12.5. The van der Waals surface area contributed by atoms with Crippen molar-refractivity contribution in [1.29, 1.82) is 0 Å². The van der Waals surface area contributed by atoms with Gasteiger partial charge in [0.05, 0.1) is 0 Å². The standard InChI is InChI=1S/C9H7NS.C6H7N/c11-9-3-1-2-7-6-10-5-4-8(7)9;7-6-4-2-1-3-5-6/h1-6,11H;1-5H,7H2. The zero-order valence-electron chi connectivity index (χ0n) is 9.82. The Morgan fingerprint density at radius 2 is 1.67 bits per heavy atom. The lowest BCUT2D eigenvalue weighted by Crippen LogP contribution is -1.79. The van der Waals surface area contributed by atoms with Crippen molar-refractivity contribution in [2.45, 2.75) is 4.90 Å². The highest BCUT2D eigenvalue weighted by molar-refractivity contribution is 7.80. The maximum atomic E-state index is 5.36. The third-order valence-electron chi connectivity index (χ3n) is 2.46. The van der Waals surface area contributed by atoms with Crippen LogP contribution < -0.4 is 5.73 Å². The summed E-state index contributed by atoms with van der Waals surface area (Å²) in [6.45, 7) is 0. The third kappa shape index (κ3) is 3.25. The maximum Gasteiger partial charge on any atom is 0.0346 e. The van der Waals surface area contributed by atoms with Gasteiger partial charge in [-0.3, -0.25) is 4.98 Å². The molecule has 0 radical (unpaired) electrons. The molecule has 0 fully saturated rings. The van der Waals surface area contributed by atoms with Crippen LogP contribution in [0.3, 0.4) is 0 Å². The van der Waals surface area contributed by atoms with E-state index in [2.05, 4.69) is 17.6 Å². The molecule has 2 nitrogen and oxygen atoms in total. The fourth-order valence-corrected chi connectivity index (χ4v) is 1.85. The molecule has 3 heteroatoms.